The second-order valence-corrected chi connectivity index (χ2v) is 5.15. The van der Waals surface area contributed by atoms with Crippen LogP contribution < -0.4 is 15.2 Å². The predicted octanol–water partition coefficient (Wildman–Crippen LogP) is 2.10. The summed E-state index contributed by atoms with van der Waals surface area (Å²) in [5.74, 6) is 1.79. The van der Waals surface area contributed by atoms with Crippen LogP contribution in [0.1, 0.15) is 0 Å². The maximum atomic E-state index is 5.77. The van der Waals surface area contributed by atoms with E-state index in [9.17, 15) is 0 Å². The van der Waals surface area contributed by atoms with Crippen LogP contribution in [0.5, 0.6) is 11.5 Å². The highest BCUT2D eigenvalue weighted by Gasteiger charge is 2.12. The number of methoxy groups -OCH3 is 2. The molecular formula is C13H13N5O2S. The van der Waals surface area contributed by atoms with Gasteiger partial charge in [0.1, 0.15) is 17.8 Å². The number of nitrogens with two attached hydrogens (primary N) is 1. The summed E-state index contributed by atoms with van der Waals surface area (Å²) in [5, 5.41) is 0.667. The fourth-order valence-electron chi connectivity index (χ4n) is 1.84. The Kier molecular flexibility index (Phi) is 3.53. The lowest BCUT2D eigenvalue weighted by molar-refractivity contribution is 0.387. The number of imidazole rings is 1. The zero-order chi connectivity index (χ0) is 14.8. The number of nitrogen functional groups attached to an aromatic ring is 1. The van der Waals surface area contributed by atoms with E-state index < -0.39 is 0 Å². The first-order chi connectivity index (χ1) is 10.2. The van der Waals surface area contributed by atoms with Crippen LogP contribution in [0.2, 0.25) is 0 Å². The number of aromatic amines is 1. The lowest BCUT2D eigenvalue weighted by Gasteiger charge is -2.08. The minimum atomic E-state index is 0.352. The van der Waals surface area contributed by atoms with Crippen LogP contribution in [-0.2, 0) is 0 Å². The average molecular weight is 303 g/mol. The molecule has 21 heavy (non-hydrogen) atoms. The van der Waals surface area contributed by atoms with E-state index in [4.69, 9.17) is 15.2 Å². The molecule has 0 aliphatic rings. The Balaban J connectivity index is 1.96. The van der Waals surface area contributed by atoms with Crippen molar-refractivity contribution in [2.45, 2.75) is 10.1 Å². The van der Waals surface area contributed by atoms with Gasteiger partial charge in [-0.1, -0.05) is 0 Å². The van der Waals surface area contributed by atoms with Crippen LogP contribution in [0.4, 0.5) is 5.82 Å². The third-order valence-corrected chi connectivity index (χ3v) is 3.81. The fourth-order valence-corrected chi connectivity index (χ4v) is 2.71. The van der Waals surface area contributed by atoms with Crippen molar-refractivity contribution in [3.8, 4) is 11.5 Å². The smallest absolute Gasteiger partial charge is 0.172 e. The molecule has 2 heterocycles. The van der Waals surface area contributed by atoms with Crippen molar-refractivity contribution in [2.75, 3.05) is 20.0 Å². The van der Waals surface area contributed by atoms with Gasteiger partial charge in [-0.25, -0.2) is 15.0 Å². The quantitative estimate of drug-likeness (QED) is 0.761. The van der Waals surface area contributed by atoms with Crippen LogP contribution in [0.15, 0.2) is 34.6 Å². The molecule has 0 aliphatic carbocycles. The number of H-pyrrole nitrogens is 1. The number of rotatable bonds is 4. The summed E-state index contributed by atoms with van der Waals surface area (Å²) in [4.78, 5) is 16.4. The Hall–Kier alpha value is -2.48. The van der Waals surface area contributed by atoms with Crippen molar-refractivity contribution in [3.63, 3.8) is 0 Å². The molecule has 0 spiro atoms. The summed E-state index contributed by atoms with van der Waals surface area (Å²) in [5.41, 5.74) is 6.94. The summed E-state index contributed by atoms with van der Waals surface area (Å²) in [6, 6.07) is 5.59. The molecule has 0 saturated heterocycles. The number of benzene rings is 1. The summed E-state index contributed by atoms with van der Waals surface area (Å²) in [6.07, 6.45) is 1.40. The van der Waals surface area contributed by atoms with Crippen molar-refractivity contribution in [3.05, 3.63) is 24.5 Å². The van der Waals surface area contributed by atoms with Gasteiger partial charge in [0.25, 0.3) is 0 Å². The number of hydrogen-bond acceptors (Lipinski definition) is 7. The molecule has 0 atom stereocenters. The average Bonchev–Trinajstić information content (AvgIpc) is 2.91. The monoisotopic (exact) mass is 303 g/mol. The van der Waals surface area contributed by atoms with Gasteiger partial charge in [0.2, 0.25) is 0 Å². The van der Waals surface area contributed by atoms with E-state index in [0.29, 0.717) is 27.9 Å². The standard InChI is InChI=1S/C13H13N5O2S/c1-19-7-3-4-9(8(5-7)20-2)21-13-17-10-11(14)15-6-16-12(10)18-13/h3-6H,1-2H3,(H3,14,15,16,17,18). The van der Waals surface area contributed by atoms with E-state index in [-0.39, 0.29) is 0 Å². The topological polar surface area (TPSA) is 98.9 Å². The van der Waals surface area contributed by atoms with Gasteiger partial charge in [-0.15, -0.1) is 0 Å². The number of anilines is 1. The zero-order valence-electron chi connectivity index (χ0n) is 11.5. The maximum absolute atomic E-state index is 5.77. The highest BCUT2D eigenvalue weighted by Crippen LogP contribution is 2.36. The van der Waals surface area contributed by atoms with E-state index in [0.717, 1.165) is 10.6 Å². The molecule has 2 aromatic heterocycles. The van der Waals surface area contributed by atoms with Gasteiger partial charge in [-0.2, -0.15) is 0 Å². The van der Waals surface area contributed by atoms with Gasteiger partial charge >= 0.3 is 0 Å². The van der Waals surface area contributed by atoms with E-state index in [2.05, 4.69) is 19.9 Å². The van der Waals surface area contributed by atoms with E-state index >= 15 is 0 Å². The third kappa shape index (κ3) is 2.57. The van der Waals surface area contributed by atoms with Gasteiger partial charge < -0.3 is 20.2 Å². The molecule has 108 valence electrons. The molecule has 7 nitrogen and oxygen atoms in total. The van der Waals surface area contributed by atoms with Crippen molar-refractivity contribution >= 4 is 28.7 Å². The van der Waals surface area contributed by atoms with Crippen LogP contribution in [0.25, 0.3) is 11.2 Å². The molecule has 0 radical (unpaired) electrons. The maximum Gasteiger partial charge on any atom is 0.172 e. The first-order valence-corrected chi connectivity index (χ1v) is 6.89. The molecule has 0 saturated carbocycles. The van der Waals surface area contributed by atoms with Gasteiger partial charge in [0.15, 0.2) is 22.1 Å². The normalized spacial score (nSPS) is 10.8. The Bertz CT molecular complexity index is 789. The molecule has 8 heteroatoms. The Morgan fingerprint density at radius 3 is 2.76 bits per heavy atom. The van der Waals surface area contributed by atoms with Crippen molar-refractivity contribution < 1.29 is 9.47 Å². The lowest BCUT2D eigenvalue weighted by atomic mass is 10.3. The van der Waals surface area contributed by atoms with Crippen molar-refractivity contribution in [2.24, 2.45) is 0 Å². The Morgan fingerprint density at radius 1 is 1.19 bits per heavy atom. The minimum Gasteiger partial charge on any atom is -0.497 e. The number of hydrogen-bond donors (Lipinski definition) is 2. The van der Waals surface area contributed by atoms with E-state index in [1.165, 1.54) is 18.1 Å². The molecule has 3 aromatic rings. The Morgan fingerprint density at radius 2 is 2.05 bits per heavy atom. The molecule has 3 N–H and O–H groups in total. The summed E-state index contributed by atoms with van der Waals surface area (Å²) in [6.45, 7) is 0. The summed E-state index contributed by atoms with van der Waals surface area (Å²) in [7, 11) is 3.23. The molecule has 0 amide bonds. The number of nitrogens with zero attached hydrogens (tertiary/aromatic N) is 3. The minimum absolute atomic E-state index is 0.352. The summed E-state index contributed by atoms with van der Waals surface area (Å²) < 4.78 is 10.5. The number of aromatic nitrogens is 4. The van der Waals surface area contributed by atoms with Crippen LogP contribution in [-0.4, -0.2) is 34.2 Å². The Labute approximate surface area is 124 Å². The molecule has 3 rings (SSSR count). The lowest BCUT2D eigenvalue weighted by Crippen LogP contribution is -1.91. The molecule has 0 aliphatic heterocycles. The zero-order valence-corrected chi connectivity index (χ0v) is 12.3. The predicted molar refractivity (Wildman–Crippen MR) is 79.8 cm³/mol. The molecule has 1 aromatic carbocycles. The molecule has 0 unspecified atom stereocenters. The van der Waals surface area contributed by atoms with Gasteiger partial charge in [0.05, 0.1) is 19.1 Å². The SMILES string of the molecule is COc1ccc(Sc2nc3c(N)ncnc3[nH]2)c(OC)c1. The highest BCUT2D eigenvalue weighted by molar-refractivity contribution is 7.99. The van der Waals surface area contributed by atoms with Crippen LogP contribution >= 0.6 is 11.8 Å². The molecular weight excluding hydrogens is 290 g/mol. The first kappa shape index (κ1) is 13.5. The van der Waals surface area contributed by atoms with Crippen LogP contribution in [0, 0.1) is 0 Å². The summed E-state index contributed by atoms with van der Waals surface area (Å²) >= 11 is 1.42. The third-order valence-electron chi connectivity index (χ3n) is 2.87. The fraction of sp³-hybridized carbons (Fsp3) is 0.154. The van der Waals surface area contributed by atoms with Gasteiger partial charge in [0, 0.05) is 6.07 Å². The van der Waals surface area contributed by atoms with E-state index in [1.54, 1.807) is 14.2 Å². The number of nitrogens with one attached hydrogen (secondary N) is 1. The molecule has 0 bridgehead atoms. The van der Waals surface area contributed by atoms with E-state index in [1.807, 2.05) is 18.2 Å². The first-order valence-electron chi connectivity index (χ1n) is 6.07. The number of fused-ring (bicyclic) bond motifs is 1. The largest absolute Gasteiger partial charge is 0.497 e. The number of ether oxygens (including phenoxy) is 2. The van der Waals surface area contributed by atoms with Crippen molar-refractivity contribution in [1.29, 1.82) is 0 Å². The second kappa shape index (κ2) is 5.49. The van der Waals surface area contributed by atoms with Crippen LogP contribution in [0.3, 0.4) is 0 Å². The van der Waals surface area contributed by atoms with Gasteiger partial charge in [-0.05, 0) is 23.9 Å². The van der Waals surface area contributed by atoms with Crippen molar-refractivity contribution in [1.82, 2.24) is 19.9 Å². The van der Waals surface area contributed by atoms with Gasteiger partial charge in [-0.3, -0.25) is 0 Å². The highest BCUT2D eigenvalue weighted by atomic mass is 32.2. The second-order valence-electron chi connectivity index (χ2n) is 4.12. The molecule has 0 fully saturated rings.